The van der Waals surface area contributed by atoms with Crippen molar-refractivity contribution in [3.63, 3.8) is 0 Å². The molecule has 94 valence electrons. The number of hydrogen-bond donors (Lipinski definition) is 0. The van der Waals surface area contributed by atoms with Crippen molar-refractivity contribution in [1.82, 2.24) is 4.90 Å². The number of halogens is 3. The van der Waals surface area contributed by atoms with Crippen molar-refractivity contribution in [1.29, 1.82) is 0 Å². The van der Waals surface area contributed by atoms with Crippen molar-refractivity contribution in [2.45, 2.75) is 22.1 Å². The summed E-state index contributed by atoms with van der Waals surface area (Å²) in [5.74, 6) is -0.402. The molecule has 1 atom stereocenters. The summed E-state index contributed by atoms with van der Waals surface area (Å²) in [5, 5.41) is 1.52. The fourth-order valence-corrected chi connectivity index (χ4v) is 3.76. The van der Waals surface area contributed by atoms with Gasteiger partial charge in [0.05, 0.1) is 9.46 Å². The Bertz CT molecular complexity index is 391. The number of nitrogens with zero attached hydrogens (tertiary/aromatic N) is 1. The number of likely N-dealkylation sites (tertiary alicyclic amines) is 1. The maximum Gasteiger partial charge on any atom is 0.406 e. The van der Waals surface area contributed by atoms with E-state index in [2.05, 4.69) is 0 Å². The first kappa shape index (κ1) is 12.8. The van der Waals surface area contributed by atoms with E-state index in [0.717, 1.165) is 9.11 Å². The van der Waals surface area contributed by atoms with Gasteiger partial charge in [-0.15, -0.1) is 23.1 Å². The van der Waals surface area contributed by atoms with Crippen LogP contribution in [0, 0.1) is 0 Å². The van der Waals surface area contributed by atoms with Crippen molar-refractivity contribution < 1.29 is 18.0 Å². The van der Waals surface area contributed by atoms with Crippen LogP contribution in [0.5, 0.6) is 0 Å². The minimum atomic E-state index is -4.31. The lowest BCUT2D eigenvalue weighted by molar-refractivity contribution is -0.157. The summed E-state index contributed by atoms with van der Waals surface area (Å²) in [6.45, 7) is -0.936. The second-order valence-corrected chi connectivity index (χ2v) is 6.15. The molecule has 1 saturated heterocycles. The molecule has 0 aliphatic carbocycles. The summed E-state index contributed by atoms with van der Waals surface area (Å²) >= 11 is 2.85. The van der Waals surface area contributed by atoms with E-state index in [1.54, 1.807) is 0 Å². The third kappa shape index (κ3) is 3.38. The van der Waals surface area contributed by atoms with Gasteiger partial charge in [0.1, 0.15) is 6.54 Å². The molecule has 0 spiro atoms. The smallest absolute Gasteiger partial charge is 0.333 e. The van der Waals surface area contributed by atoms with Crippen LogP contribution in [0.15, 0.2) is 21.7 Å². The maximum absolute atomic E-state index is 12.2. The number of alkyl halides is 3. The highest BCUT2D eigenvalue weighted by molar-refractivity contribution is 8.02. The van der Waals surface area contributed by atoms with Gasteiger partial charge in [-0.3, -0.25) is 4.79 Å². The summed E-state index contributed by atoms with van der Waals surface area (Å²) in [7, 11) is 0. The number of rotatable bonds is 3. The highest BCUT2D eigenvalue weighted by Crippen LogP contribution is 2.34. The van der Waals surface area contributed by atoms with E-state index < -0.39 is 18.6 Å². The monoisotopic (exact) mass is 281 g/mol. The lowest BCUT2D eigenvalue weighted by Crippen LogP contribution is -2.36. The molecule has 1 aromatic heterocycles. The van der Waals surface area contributed by atoms with Crippen LogP contribution in [0.1, 0.15) is 6.42 Å². The Morgan fingerprint density at radius 3 is 2.88 bits per heavy atom. The Hall–Kier alpha value is -0.690. The van der Waals surface area contributed by atoms with Crippen LogP contribution in [0.2, 0.25) is 0 Å². The minimum Gasteiger partial charge on any atom is -0.333 e. The zero-order chi connectivity index (χ0) is 12.5. The largest absolute Gasteiger partial charge is 0.406 e. The Morgan fingerprint density at radius 1 is 1.53 bits per heavy atom. The third-order valence-electron chi connectivity index (χ3n) is 2.37. The summed E-state index contributed by atoms with van der Waals surface area (Å²) in [6, 6.07) is 3.73. The molecule has 1 aliphatic rings. The van der Waals surface area contributed by atoms with Gasteiger partial charge in [-0.1, -0.05) is 6.07 Å². The molecule has 2 rings (SSSR count). The summed E-state index contributed by atoms with van der Waals surface area (Å²) in [6.07, 6.45) is -3.82. The summed E-state index contributed by atoms with van der Waals surface area (Å²) in [5.41, 5.74) is 0. The third-order valence-corrected chi connectivity index (χ3v) is 4.70. The number of amides is 1. The first-order valence-electron chi connectivity index (χ1n) is 5.01. The molecule has 1 aliphatic heterocycles. The van der Waals surface area contributed by atoms with Gasteiger partial charge in [0, 0.05) is 6.54 Å². The average Bonchev–Trinajstić information content (AvgIpc) is 2.81. The van der Waals surface area contributed by atoms with Crippen molar-refractivity contribution in [3.8, 4) is 0 Å². The molecule has 1 aromatic rings. The maximum atomic E-state index is 12.2. The average molecular weight is 281 g/mol. The molecule has 0 unspecified atom stereocenters. The molecule has 1 amide bonds. The number of thioether (sulfide) groups is 1. The van der Waals surface area contributed by atoms with Gasteiger partial charge in [-0.25, -0.2) is 0 Å². The second kappa shape index (κ2) is 4.89. The normalized spacial score (nSPS) is 21.2. The lowest BCUT2D eigenvalue weighted by Gasteiger charge is -2.18. The molecule has 0 saturated carbocycles. The van der Waals surface area contributed by atoms with Crippen molar-refractivity contribution in [2.75, 3.05) is 13.1 Å². The van der Waals surface area contributed by atoms with Gasteiger partial charge < -0.3 is 4.90 Å². The number of carbonyl (C=O) groups is 1. The standard InChI is InChI=1S/C10H10F3NOS2/c11-10(12,13)6-14-4-3-7(9(14)15)17-8-2-1-5-16-8/h1-2,5,7H,3-4,6H2/t7-/m0/s1. The van der Waals surface area contributed by atoms with Crippen LogP contribution < -0.4 is 0 Å². The SMILES string of the molecule is O=C1[C@@H](Sc2cccs2)CCN1CC(F)(F)F. The summed E-state index contributed by atoms with van der Waals surface area (Å²) in [4.78, 5) is 12.6. The van der Waals surface area contributed by atoms with E-state index in [1.165, 1.54) is 23.1 Å². The van der Waals surface area contributed by atoms with Crippen LogP contribution in [-0.2, 0) is 4.79 Å². The molecular weight excluding hydrogens is 271 g/mol. The van der Waals surface area contributed by atoms with E-state index in [0.29, 0.717) is 6.42 Å². The highest BCUT2D eigenvalue weighted by Gasteiger charge is 2.39. The molecule has 7 heteroatoms. The van der Waals surface area contributed by atoms with Gasteiger partial charge >= 0.3 is 6.18 Å². The quantitative estimate of drug-likeness (QED) is 0.849. The van der Waals surface area contributed by atoms with E-state index >= 15 is 0 Å². The zero-order valence-electron chi connectivity index (χ0n) is 8.74. The van der Waals surface area contributed by atoms with Crippen molar-refractivity contribution in [3.05, 3.63) is 17.5 Å². The van der Waals surface area contributed by atoms with Gasteiger partial charge in [-0.2, -0.15) is 13.2 Å². The number of carbonyl (C=O) groups excluding carboxylic acids is 1. The van der Waals surface area contributed by atoms with E-state index in [1.807, 2.05) is 17.5 Å². The highest BCUT2D eigenvalue weighted by atomic mass is 32.2. The van der Waals surface area contributed by atoms with Crippen LogP contribution in [0.3, 0.4) is 0 Å². The first-order chi connectivity index (χ1) is 7.96. The molecule has 0 bridgehead atoms. The van der Waals surface area contributed by atoms with E-state index in [-0.39, 0.29) is 11.8 Å². The lowest BCUT2D eigenvalue weighted by atomic mass is 10.4. The van der Waals surface area contributed by atoms with Crippen LogP contribution in [0.4, 0.5) is 13.2 Å². The Kier molecular flexibility index (Phi) is 3.67. The van der Waals surface area contributed by atoms with Crippen LogP contribution in [-0.4, -0.2) is 35.3 Å². The topological polar surface area (TPSA) is 20.3 Å². The Morgan fingerprint density at radius 2 is 2.29 bits per heavy atom. The number of thiophene rings is 1. The molecule has 0 aromatic carbocycles. The second-order valence-electron chi connectivity index (χ2n) is 3.70. The molecule has 2 heterocycles. The molecular formula is C10H10F3NOS2. The van der Waals surface area contributed by atoms with Gasteiger partial charge in [0.15, 0.2) is 0 Å². The molecule has 17 heavy (non-hydrogen) atoms. The molecule has 0 radical (unpaired) electrons. The summed E-state index contributed by atoms with van der Waals surface area (Å²) < 4.78 is 37.5. The molecule has 2 nitrogen and oxygen atoms in total. The molecule has 1 fully saturated rings. The molecule has 0 N–H and O–H groups in total. The van der Waals surface area contributed by atoms with Crippen molar-refractivity contribution >= 4 is 29.0 Å². The Labute approximate surface area is 105 Å². The fraction of sp³-hybridized carbons (Fsp3) is 0.500. The predicted molar refractivity (Wildman–Crippen MR) is 61.2 cm³/mol. The van der Waals surface area contributed by atoms with Gasteiger partial charge in [-0.05, 0) is 17.9 Å². The van der Waals surface area contributed by atoms with E-state index in [4.69, 9.17) is 0 Å². The first-order valence-corrected chi connectivity index (χ1v) is 6.77. The van der Waals surface area contributed by atoms with Crippen LogP contribution in [0.25, 0.3) is 0 Å². The predicted octanol–water partition coefficient (Wildman–Crippen LogP) is 3.00. The van der Waals surface area contributed by atoms with Crippen LogP contribution >= 0.6 is 23.1 Å². The Balaban J connectivity index is 1.93. The minimum absolute atomic E-state index is 0.196. The fourth-order valence-electron chi connectivity index (χ4n) is 1.66. The number of hydrogen-bond acceptors (Lipinski definition) is 3. The van der Waals surface area contributed by atoms with E-state index in [9.17, 15) is 18.0 Å². The van der Waals surface area contributed by atoms with Crippen molar-refractivity contribution in [2.24, 2.45) is 0 Å². The van der Waals surface area contributed by atoms with Gasteiger partial charge in [0.25, 0.3) is 0 Å². The van der Waals surface area contributed by atoms with Gasteiger partial charge in [0.2, 0.25) is 5.91 Å². The zero-order valence-corrected chi connectivity index (χ0v) is 10.4.